The zero-order valence-electron chi connectivity index (χ0n) is 13.6. The molecule has 1 heterocycles. The van der Waals surface area contributed by atoms with Crippen LogP contribution in [0.4, 0.5) is 10.6 Å². The van der Waals surface area contributed by atoms with Gasteiger partial charge in [0.1, 0.15) is 18.2 Å². The highest BCUT2D eigenvalue weighted by Crippen LogP contribution is 2.20. The number of carbonyl (C=O) groups is 1. The van der Waals surface area contributed by atoms with Gasteiger partial charge >= 0.3 is 6.09 Å². The first-order chi connectivity index (χ1) is 12.2. The molecule has 0 aliphatic rings. The predicted octanol–water partition coefficient (Wildman–Crippen LogP) is 3.80. The van der Waals surface area contributed by atoms with Gasteiger partial charge in [-0.25, -0.2) is 9.48 Å². The molecule has 0 saturated carbocycles. The fraction of sp³-hybridized carbons (Fsp3) is 0.105. The van der Waals surface area contributed by atoms with Crippen molar-refractivity contribution in [3.05, 3.63) is 77.5 Å². The van der Waals surface area contributed by atoms with E-state index in [-0.39, 0.29) is 18.0 Å². The van der Waals surface area contributed by atoms with Gasteiger partial charge in [-0.1, -0.05) is 48.0 Å². The molecule has 0 aliphatic carbocycles. The summed E-state index contributed by atoms with van der Waals surface area (Å²) in [7, 11) is 0. The molecule has 0 aliphatic heterocycles. The van der Waals surface area contributed by atoms with Crippen LogP contribution in [0, 0.1) is 18.3 Å². The summed E-state index contributed by atoms with van der Waals surface area (Å²) in [6.45, 7) is 2.13. The van der Waals surface area contributed by atoms with Crippen LogP contribution in [0.15, 0.2) is 60.8 Å². The molecule has 6 heteroatoms. The molecule has 25 heavy (non-hydrogen) atoms. The Labute approximate surface area is 145 Å². The Morgan fingerprint density at radius 2 is 1.92 bits per heavy atom. The Morgan fingerprint density at radius 3 is 2.60 bits per heavy atom. The Bertz CT molecular complexity index is 909. The number of benzene rings is 2. The number of amides is 1. The van der Waals surface area contributed by atoms with Gasteiger partial charge in [-0.05, 0) is 24.6 Å². The van der Waals surface area contributed by atoms with Gasteiger partial charge in [0, 0.05) is 0 Å². The molecule has 0 saturated heterocycles. The topological polar surface area (TPSA) is 79.9 Å². The van der Waals surface area contributed by atoms with Gasteiger partial charge in [0.15, 0.2) is 5.82 Å². The number of carbonyl (C=O) groups excluding carboxylic acids is 1. The third-order valence-electron chi connectivity index (χ3n) is 3.60. The summed E-state index contributed by atoms with van der Waals surface area (Å²) in [6.07, 6.45) is 0.765. The molecule has 0 radical (unpaired) electrons. The van der Waals surface area contributed by atoms with Gasteiger partial charge in [-0.3, -0.25) is 5.32 Å². The van der Waals surface area contributed by atoms with E-state index in [1.54, 1.807) is 0 Å². The van der Waals surface area contributed by atoms with Gasteiger partial charge in [0.25, 0.3) is 0 Å². The maximum absolute atomic E-state index is 12.1. The number of hydrogen-bond acceptors (Lipinski definition) is 4. The van der Waals surface area contributed by atoms with E-state index in [4.69, 9.17) is 4.74 Å². The number of aromatic nitrogens is 2. The minimum absolute atomic E-state index is 0.146. The number of hydrogen-bond donors (Lipinski definition) is 1. The quantitative estimate of drug-likeness (QED) is 0.788. The van der Waals surface area contributed by atoms with Crippen LogP contribution < -0.4 is 5.32 Å². The van der Waals surface area contributed by atoms with E-state index in [0.29, 0.717) is 0 Å². The molecule has 3 aromatic rings. The molecule has 0 spiro atoms. The van der Waals surface area contributed by atoms with Crippen LogP contribution in [-0.4, -0.2) is 15.9 Å². The average molecular weight is 332 g/mol. The van der Waals surface area contributed by atoms with Crippen LogP contribution in [0.25, 0.3) is 5.69 Å². The number of nitrogens with one attached hydrogen (secondary N) is 1. The first-order valence-electron chi connectivity index (χ1n) is 7.70. The lowest BCUT2D eigenvalue weighted by atomic mass is 10.2. The summed E-state index contributed by atoms with van der Waals surface area (Å²) in [5, 5.41) is 16.0. The van der Waals surface area contributed by atoms with Gasteiger partial charge < -0.3 is 4.74 Å². The van der Waals surface area contributed by atoms with Crippen LogP contribution in [0.5, 0.6) is 0 Å². The van der Waals surface area contributed by atoms with Crippen molar-refractivity contribution in [2.75, 3.05) is 5.32 Å². The third-order valence-corrected chi connectivity index (χ3v) is 3.60. The summed E-state index contributed by atoms with van der Waals surface area (Å²) in [5.74, 6) is 0.282. The van der Waals surface area contributed by atoms with E-state index in [1.165, 1.54) is 10.9 Å². The highest BCUT2D eigenvalue weighted by Gasteiger charge is 2.15. The first-order valence-corrected chi connectivity index (χ1v) is 7.70. The van der Waals surface area contributed by atoms with E-state index < -0.39 is 6.09 Å². The maximum Gasteiger partial charge on any atom is 0.413 e. The standard InChI is InChI=1S/C19H16N4O2/c1-14-7-9-17(10-8-14)23-18(16(11-20)12-21-23)22-19(24)25-13-15-5-3-2-4-6-15/h2-10,12H,13H2,1H3,(H,22,24). The predicted molar refractivity (Wildman–Crippen MR) is 93.3 cm³/mol. The number of anilines is 1. The van der Waals surface area contributed by atoms with Gasteiger partial charge in [-0.15, -0.1) is 0 Å². The maximum atomic E-state index is 12.1. The van der Waals surface area contributed by atoms with Crippen molar-refractivity contribution in [1.29, 1.82) is 5.26 Å². The minimum atomic E-state index is -0.644. The minimum Gasteiger partial charge on any atom is -0.444 e. The second-order valence-corrected chi connectivity index (χ2v) is 5.45. The third kappa shape index (κ3) is 3.85. The molecule has 6 nitrogen and oxygen atoms in total. The van der Waals surface area contributed by atoms with E-state index in [1.807, 2.05) is 67.6 Å². The normalized spacial score (nSPS) is 10.1. The Morgan fingerprint density at radius 1 is 1.20 bits per heavy atom. The molecule has 1 N–H and O–H groups in total. The van der Waals surface area contributed by atoms with Crippen molar-refractivity contribution in [2.24, 2.45) is 0 Å². The summed E-state index contributed by atoms with van der Waals surface area (Å²) in [4.78, 5) is 12.1. The molecule has 3 rings (SSSR count). The van der Waals surface area contributed by atoms with E-state index in [2.05, 4.69) is 10.4 Å². The fourth-order valence-corrected chi connectivity index (χ4v) is 2.29. The molecular formula is C19H16N4O2. The number of aryl methyl sites for hydroxylation is 1. The van der Waals surface area contributed by atoms with E-state index in [9.17, 15) is 10.1 Å². The monoisotopic (exact) mass is 332 g/mol. The second kappa shape index (κ2) is 7.32. The SMILES string of the molecule is Cc1ccc(-n2ncc(C#N)c2NC(=O)OCc2ccccc2)cc1. The molecule has 1 aromatic heterocycles. The summed E-state index contributed by atoms with van der Waals surface area (Å²) in [5.41, 5.74) is 2.99. The zero-order chi connectivity index (χ0) is 17.6. The van der Waals surface area contributed by atoms with Crippen LogP contribution in [0.3, 0.4) is 0 Å². The lowest BCUT2D eigenvalue weighted by Gasteiger charge is -2.10. The van der Waals surface area contributed by atoms with Crippen molar-refractivity contribution in [3.8, 4) is 11.8 Å². The number of nitriles is 1. The van der Waals surface area contributed by atoms with Crippen LogP contribution >= 0.6 is 0 Å². The van der Waals surface area contributed by atoms with Crippen molar-refractivity contribution >= 4 is 11.9 Å². The number of rotatable bonds is 4. The lowest BCUT2D eigenvalue weighted by molar-refractivity contribution is 0.155. The van der Waals surface area contributed by atoms with E-state index in [0.717, 1.165) is 16.8 Å². The molecule has 2 aromatic carbocycles. The molecule has 1 amide bonds. The van der Waals surface area contributed by atoms with Crippen LogP contribution in [0.1, 0.15) is 16.7 Å². The summed E-state index contributed by atoms with van der Waals surface area (Å²) >= 11 is 0. The smallest absolute Gasteiger partial charge is 0.413 e. The molecule has 0 fully saturated rings. The van der Waals surface area contributed by atoms with Crippen molar-refractivity contribution in [1.82, 2.24) is 9.78 Å². The highest BCUT2D eigenvalue weighted by molar-refractivity contribution is 5.85. The van der Waals surface area contributed by atoms with Gasteiger partial charge in [0.2, 0.25) is 0 Å². The van der Waals surface area contributed by atoms with E-state index >= 15 is 0 Å². The zero-order valence-corrected chi connectivity index (χ0v) is 13.6. The largest absolute Gasteiger partial charge is 0.444 e. The van der Waals surface area contributed by atoms with Gasteiger partial charge in [-0.2, -0.15) is 10.4 Å². The fourth-order valence-electron chi connectivity index (χ4n) is 2.29. The first kappa shape index (κ1) is 16.3. The van der Waals surface area contributed by atoms with Gasteiger partial charge in [0.05, 0.1) is 11.9 Å². The highest BCUT2D eigenvalue weighted by atomic mass is 16.5. The van der Waals surface area contributed by atoms with Crippen molar-refractivity contribution in [3.63, 3.8) is 0 Å². The summed E-state index contributed by atoms with van der Waals surface area (Å²) < 4.78 is 6.71. The van der Waals surface area contributed by atoms with Crippen LogP contribution in [0.2, 0.25) is 0 Å². The number of nitrogens with zero attached hydrogens (tertiary/aromatic N) is 3. The summed E-state index contributed by atoms with van der Waals surface area (Å²) in [6, 6.07) is 19.0. The number of ether oxygens (including phenoxy) is 1. The molecule has 0 unspecified atom stereocenters. The molecule has 0 atom stereocenters. The van der Waals surface area contributed by atoms with Crippen molar-refractivity contribution < 1.29 is 9.53 Å². The lowest BCUT2D eigenvalue weighted by Crippen LogP contribution is -2.17. The Kier molecular flexibility index (Phi) is 4.77. The molecule has 0 bridgehead atoms. The Balaban J connectivity index is 1.77. The van der Waals surface area contributed by atoms with Crippen molar-refractivity contribution in [2.45, 2.75) is 13.5 Å². The molecular weight excluding hydrogens is 316 g/mol. The van der Waals surface area contributed by atoms with Crippen LogP contribution in [-0.2, 0) is 11.3 Å². The molecule has 124 valence electrons. The average Bonchev–Trinajstić information content (AvgIpc) is 3.04. The Hall–Kier alpha value is -3.59. The second-order valence-electron chi connectivity index (χ2n) is 5.45.